The first-order valence-corrected chi connectivity index (χ1v) is 8.18. The fraction of sp³-hybridized carbons (Fsp3) is 0.263. The number of halogens is 1. The van der Waals surface area contributed by atoms with Crippen molar-refractivity contribution in [3.63, 3.8) is 0 Å². The highest BCUT2D eigenvalue weighted by Crippen LogP contribution is 2.22. The number of morpholine rings is 1. The number of ether oxygens (including phenoxy) is 1. The number of nitrogens with zero attached hydrogens (tertiary/aromatic N) is 2. The molecule has 0 spiro atoms. The Balaban J connectivity index is 1.67. The van der Waals surface area contributed by atoms with E-state index in [1.807, 2.05) is 6.07 Å². The Hall–Kier alpha value is -2.57. The summed E-state index contributed by atoms with van der Waals surface area (Å²) in [6, 6.07) is 9.07. The predicted octanol–water partition coefficient (Wildman–Crippen LogP) is 2.83. The molecule has 1 aromatic carbocycles. The molecule has 0 amide bonds. The first kappa shape index (κ1) is 15.9. The van der Waals surface area contributed by atoms with Gasteiger partial charge >= 0.3 is 0 Å². The van der Waals surface area contributed by atoms with Crippen molar-refractivity contribution in [1.29, 1.82) is 0 Å². The lowest BCUT2D eigenvalue weighted by molar-refractivity contribution is 0.0341. The maximum absolute atomic E-state index is 13.1. The van der Waals surface area contributed by atoms with Crippen molar-refractivity contribution in [3.8, 4) is 11.3 Å². The summed E-state index contributed by atoms with van der Waals surface area (Å²) < 4.78 is 24.1. The van der Waals surface area contributed by atoms with Crippen molar-refractivity contribution in [1.82, 2.24) is 9.88 Å². The number of fused-ring (bicyclic) bond motifs is 1. The van der Waals surface area contributed by atoms with Crippen LogP contribution in [0, 0.1) is 5.82 Å². The van der Waals surface area contributed by atoms with E-state index < -0.39 is 0 Å². The van der Waals surface area contributed by atoms with E-state index in [-0.39, 0.29) is 17.0 Å². The van der Waals surface area contributed by atoms with Gasteiger partial charge < -0.3 is 9.15 Å². The van der Waals surface area contributed by atoms with Crippen molar-refractivity contribution >= 4 is 11.1 Å². The van der Waals surface area contributed by atoms with Crippen LogP contribution in [0.5, 0.6) is 0 Å². The first-order chi connectivity index (χ1) is 12.2. The number of aromatic nitrogens is 1. The van der Waals surface area contributed by atoms with Crippen LogP contribution < -0.4 is 5.43 Å². The van der Waals surface area contributed by atoms with Gasteiger partial charge in [-0.25, -0.2) is 9.37 Å². The third-order valence-electron chi connectivity index (χ3n) is 4.28. The maximum atomic E-state index is 13.1. The minimum atomic E-state index is -0.335. The molecule has 0 N–H and O–H groups in total. The lowest BCUT2D eigenvalue weighted by Crippen LogP contribution is -2.35. The van der Waals surface area contributed by atoms with Gasteiger partial charge in [-0.3, -0.25) is 9.69 Å². The van der Waals surface area contributed by atoms with E-state index in [4.69, 9.17) is 9.15 Å². The highest BCUT2D eigenvalue weighted by molar-refractivity contribution is 5.75. The summed E-state index contributed by atoms with van der Waals surface area (Å²) in [5.74, 6) is 0.0451. The molecule has 6 heteroatoms. The van der Waals surface area contributed by atoms with Gasteiger partial charge in [0, 0.05) is 37.5 Å². The zero-order chi connectivity index (χ0) is 17.2. The van der Waals surface area contributed by atoms with Crippen LogP contribution in [-0.4, -0.2) is 36.2 Å². The van der Waals surface area contributed by atoms with Crippen LogP contribution in [0.15, 0.2) is 51.8 Å². The molecule has 128 valence electrons. The van der Waals surface area contributed by atoms with E-state index in [0.717, 1.165) is 38.4 Å². The van der Waals surface area contributed by atoms with Crippen molar-refractivity contribution in [2.75, 3.05) is 26.3 Å². The number of rotatable bonds is 3. The highest BCUT2D eigenvalue weighted by Gasteiger charge is 2.13. The number of benzene rings is 1. The highest BCUT2D eigenvalue weighted by atomic mass is 19.1. The van der Waals surface area contributed by atoms with Gasteiger partial charge in [-0.05, 0) is 35.9 Å². The van der Waals surface area contributed by atoms with E-state index in [1.165, 1.54) is 18.2 Å². The van der Waals surface area contributed by atoms with Crippen molar-refractivity contribution < 1.29 is 13.5 Å². The van der Waals surface area contributed by atoms with Gasteiger partial charge in [0.1, 0.15) is 11.6 Å². The normalized spacial score (nSPS) is 15.6. The molecule has 1 aliphatic rings. The summed E-state index contributed by atoms with van der Waals surface area (Å²) in [7, 11) is 0. The van der Waals surface area contributed by atoms with Crippen LogP contribution in [-0.2, 0) is 11.3 Å². The fourth-order valence-corrected chi connectivity index (χ4v) is 2.94. The summed E-state index contributed by atoms with van der Waals surface area (Å²) in [4.78, 5) is 19.1. The van der Waals surface area contributed by atoms with Crippen LogP contribution in [0.3, 0.4) is 0 Å². The van der Waals surface area contributed by atoms with Gasteiger partial charge in [-0.15, -0.1) is 0 Å². The van der Waals surface area contributed by atoms with Gasteiger partial charge in [0.25, 0.3) is 0 Å². The molecule has 0 atom stereocenters. The molecule has 0 bridgehead atoms. The molecule has 4 rings (SSSR count). The van der Waals surface area contributed by atoms with Crippen molar-refractivity contribution in [2.24, 2.45) is 0 Å². The first-order valence-electron chi connectivity index (χ1n) is 8.18. The van der Waals surface area contributed by atoms with E-state index in [1.54, 1.807) is 18.3 Å². The van der Waals surface area contributed by atoms with E-state index >= 15 is 0 Å². The minimum Gasteiger partial charge on any atom is -0.437 e. The van der Waals surface area contributed by atoms with Gasteiger partial charge in [0.15, 0.2) is 5.43 Å². The molecule has 25 heavy (non-hydrogen) atoms. The zero-order valence-corrected chi connectivity index (χ0v) is 13.6. The molecule has 5 nitrogen and oxygen atoms in total. The van der Waals surface area contributed by atoms with Crippen LogP contribution in [0.25, 0.3) is 22.4 Å². The summed E-state index contributed by atoms with van der Waals surface area (Å²) in [6.45, 7) is 3.92. The molecule has 0 unspecified atom stereocenters. The Morgan fingerprint density at radius 1 is 1.12 bits per heavy atom. The molecule has 2 aromatic heterocycles. The van der Waals surface area contributed by atoms with E-state index in [9.17, 15) is 9.18 Å². The summed E-state index contributed by atoms with van der Waals surface area (Å²) in [6.07, 6.45) is 1.73. The van der Waals surface area contributed by atoms with Crippen molar-refractivity contribution in [3.05, 3.63) is 64.2 Å². The molecule has 0 aliphatic carbocycles. The number of hydrogen-bond donors (Lipinski definition) is 0. The average Bonchev–Trinajstić information content (AvgIpc) is 2.63. The van der Waals surface area contributed by atoms with Crippen LogP contribution in [0.4, 0.5) is 4.39 Å². The average molecular weight is 340 g/mol. The second-order valence-corrected chi connectivity index (χ2v) is 6.07. The molecule has 1 aliphatic heterocycles. The van der Waals surface area contributed by atoms with Gasteiger partial charge in [0.05, 0.1) is 18.6 Å². The lowest BCUT2D eigenvalue weighted by atomic mass is 10.1. The Kier molecular flexibility index (Phi) is 4.29. The number of hydrogen-bond acceptors (Lipinski definition) is 5. The molecular weight excluding hydrogens is 323 g/mol. The SMILES string of the molecule is O=c1cc(-c2ccc(F)cc2)oc2ncc(CN3CCOCC3)cc12. The largest absolute Gasteiger partial charge is 0.437 e. The lowest BCUT2D eigenvalue weighted by Gasteiger charge is -2.26. The number of pyridine rings is 1. The minimum absolute atomic E-state index is 0.156. The van der Waals surface area contributed by atoms with Crippen LogP contribution in [0.1, 0.15) is 5.56 Å². The molecule has 0 radical (unpaired) electrons. The van der Waals surface area contributed by atoms with Gasteiger partial charge in [-0.2, -0.15) is 0 Å². The van der Waals surface area contributed by atoms with Gasteiger partial charge in [-0.1, -0.05) is 0 Å². The molecule has 0 saturated carbocycles. The molecule has 1 saturated heterocycles. The Bertz CT molecular complexity index is 947. The molecule has 3 heterocycles. The quantitative estimate of drug-likeness (QED) is 0.734. The Morgan fingerprint density at radius 2 is 1.88 bits per heavy atom. The molecule has 1 fully saturated rings. The van der Waals surface area contributed by atoms with E-state index in [2.05, 4.69) is 9.88 Å². The zero-order valence-electron chi connectivity index (χ0n) is 13.6. The van der Waals surface area contributed by atoms with Gasteiger partial charge in [0.2, 0.25) is 5.71 Å². The monoisotopic (exact) mass is 340 g/mol. The topological polar surface area (TPSA) is 55.6 Å². The predicted molar refractivity (Wildman–Crippen MR) is 91.8 cm³/mol. The Labute approximate surface area is 143 Å². The smallest absolute Gasteiger partial charge is 0.230 e. The van der Waals surface area contributed by atoms with Crippen molar-refractivity contribution in [2.45, 2.75) is 6.54 Å². The molecular formula is C19H17FN2O3. The standard InChI is InChI=1S/C19H17FN2O3/c20-15-3-1-14(2-4-15)18-10-17(23)16-9-13(11-21-19(16)25-18)12-22-5-7-24-8-6-22/h1-4,9-11H,5-8,12H2. The fourth-order valence-electron chi connectivity index (χ4n) is 2.94. The Morgan fingerprint density at radius 3 is 2.64 bits per heavy atom. The summed E-state index contributed by atoms with van der Waals surface area (Å²) in [5.41, 5.74) is 1.74. The summed E-state index contributed by atoms with van der Waals surface area (Å²) >= 11 is 0. The summed E-state index contributed by atoms with van der Waals surface area (Å²) in [5, 5.41) is 0.455. The third-order valence-corrected chi connectivity index (χ3v) is 4.28. The third kappa shape index (κ3) is 3.45. The van der Waals surface area contributed by atoms with Crippen LogP contribution >= 0.6 is 0 Å². The second-order valence-electron chi connectivity index (χ2n) is 6.07. The second kappa shape index (κ2) is 6.74. The molecule has 3 aromatic rings. The maximum Gasteiger partial charge on any atom is 0.230 e. The van der Waals surface area contributed by atoms with Crippen LogP contribution in [0.2, 0.25) is 0 Å². The van der Waals surface area contributed by atoms with E-state index in [0.29, 0.717) is 16.7 Å².